The number of rotatable bonds is 12. The summed E-state index contributed by atoms with van der Waals surface area (Å²) in [5.74, 6) is -0.621. The largest absolute Gasteiger partial charge is 0.508 e. The molecule has 1 fully saturated rings. The summed E-state index contributed by atoms with van der Waals surface area (Å²) in [4.78, 5) is 42.4. The molecule has 1 heterocycles. The number of amides is 3. The van der Waals surface area contributed by atoms with Crippen molar-refractivity contribution < 1.29 is 29.3 Å². The number of phenolic OH excluding ortho intramolecular Hbond substituents is 1. The van der Waals surface area contributed by atoms with Crippen LogP contribution in [0.5, 0.6) is 11.5 Å². The first-order valence-corrected chi connectivity index (χ1v) is 16.2. The van der Waals surface area contributed by atoms with E-state index in [4.69, 9.17) is 4.74 Å². The van der Waals surface area contributed by atoms with Gasteiger partial charge in [0.1, 0.15) is 17.5 Å². The zero-order valence-electron chi connectivity index (χ0n) is 26.5. The van der Waals surface area contributed by atoms with Gasteiger partial charge in [-0.3, -0.25) is 14.4 Å². The minimum absolute atomic E-state index is 0.0330. The molecule has 3 amide bonds. The van der Waals surface area contributed by atoms with Crippen LogP contribution in [0, 0.1) is 13.8 Å². The molecule has 0 bridgehead atoms. The molecular formula is C35H43N3O6S. The number of phenols is 1. The van der Waals surface area contributed by atoms with Crippen LogP contribution in [0.25, 0.3) is 0 Å². The second kappa shape index (κ2) is 14.8. The molecule has 3 aromatic rings. The Kier molecular flexibility index (Phi) is 11.2. The summed E-state index contributed by atoms with van der Waals surface area (Å²) in [5, 5.41) is 27.6. The third-order valence-corrected chi connectivity index (χ3v) is 9.52. The topological polar surface area (TPSA) is 128 Å². The average molecular weight is 634 g/mol. The smallest absolute Gasteiger partial charge is 0.254 e. The van der Waals surface area contributed by atoms with E-state index in [-0.39, 0.29) is 29.5 Å². The van der Waals surface area contributed by atoms with Crippen LogP contribution < -0.4 is 15.4 Å². The number of ether oxygens (including phenoxy) is 1. The van der Waals surface area contributed by atoms with Gasteiger partial charge in [0, 0.05) is 22.4 Å². The standard InChI is InChI=1S/C35H43N3O6S/c1-6-18-44-26-16-14-24(15-17-26)19-28(37-32(41)27-12-9-13-29(39)23(27)3)30(40)34(43)38-21-45-35(4,5)31(38)33(42)36-20-25-11-8-7-10-22(25)2/h7-17,28,30-31,39-40H,6,18-21H2,1-5H3,(H,36,42)(H,37,41)/t28-,30-,31+/m0/s1. The fraction of sp³-hybridized carbons (Fsp3) is 0.400. The number of carbonyl (C=O) groups excluding carboxylic acids is 3. The maximum atomic E-state index is 14.0. The van der Waals surface area contributed by atoms with Gasteiger partial charge in [0.15, 0.2) is 6.10 Å². The van der Waals surface area contributed by atoms with E-state index >= 15 is 0 Å². The van der Waals surface area contributed by atoms with Gasteiger partial charge in [-0.25, -0.2) is 0 Å². The van der Waals surface area contributed by atoms with Gasteiger partial charge >= 0.3 is 0 Å². The Balaban J connectivity index is 1.57. The lowest BCUT2D eigenvalue weighted by Crippen LogP contribution is -2.58. The molecule has 0 aliphatic carbocycles. The second-order valence-electron chi connectivity index (χ2n) is 11.9. The Morgan fingerprint density at radius 3 is 2.44 bits per heavy atom. The van der Waals surface area contributed by atoms with Crippen molar-refractivity contribution in [2.45, 2.75) is 76.9 Å². The third-order valence-electron chi connectivity index (χ3n) is 8.14. The highest BCUT2D eigenvalue weighted by Gasteiger charge is 2.49. The zero-order valence-corrected chi connectivity index (χ0v) is 27.3. The van der Waals surface area contributed by atoms with Crippen LogP contribution in [0.4, 0.5) is 0 Å². The third kappa shape index (κ3) is 8.18. The fourth-order valence-electron chi connectivity index (χ4n) is 5.40. The molecule has 0 radical (unpaired) electrons. The number of aromatic hydroxyl groups is 1. The van der Waals surface area contributed by atoms with E-state index < -0.39 is 34.7 Å². The lowest BCUT2D eigenvalue weighted by molar-refractivity contribution is -0.147. The zero-order chi connectivity index (χ0) is 32.7. The molecule has 45 heavy (non-hydrogen) atoms. The highest BCUT2D eigenvalue weighted by molar-refractivity contribution is 8.00. The number of carbonyl (C=O) groups is 3. The summed E-state index contributed by atoms with van der Waals surface area (Å²) >= 11 is 1.46. The van der Waals surface area contributed by atoms with Gasteiger partial charge in [-0.2, -0.15) is 0 Å². The first-order valence-electron chi connectivity index (χ1n) is 15.2. The lowest BCUT2D eigenvalue weighted by Gasteiger charge is -2.33. The van der Waals surface area contributed by atoms with E-state index in [9.17, 15) is 24.6 Å². The van der Waals surface area contributed by atoms with Crippen LogP contribution in [0.3, 0.4) is 0 Å². The Hall–Kier alpha value is -4.02. The summed E-state index contributed by atoms with van der Waals surface area (Å²) in [6.07, 6.45) is -0.641. The molecule has 1 saturated heterocycles. The van der Waals surface area contributed by atoms with E-state index in [0.29, 0.717) is 24.5 Å². The summed E-state index contributed by atoms with van der Waals surface area (Å²) in [6, 6.07) is 17.8. The van der Waals surface area contributed by atoms with Crippen molar-refractivity contribution in [2.24, 2.45) is 0 Å². The van der Waals surface area contributed by atoms with Crippen molar-refractivity contribution in [1.82, 2.24) is 15.5 Å². The molecular weight excluding hydrogens is 590 g/mol. The Morgan fingerprint density at radius 2 is 1.76 bits per heavy atom. The van der Waals surface area contributed by atoms with E-state index in [1.165, 1.54) is 22.7 Å². The predicted octanol–water partition coefficient (Wildman–Crippen LogP) is 4.50. The normalized spacial score (nSPS) is 16.9. The minimum atomic E-state index is -1.65. The van der Waals surface area contributed by atoms with E-state index in [0.717, 1.165) is 23.1 Å². The molecule has 0 saturated carbocycles. The molecule has 3 aromatic carbocycles. The number of nitrogens with zero attached hydrogens (tertiary/aromatic N) is 1. The van der Waals surface area contributed by atoms with Crippen molar-refractivity contribution >= 4 is 29.5 Å². The van der Waals surface area contributed by atoms with E-state index in [1.54, 1.807) is 19.1 Å². The minimum Gasteiger partial charge on any atom is -0.508 e. The maximum absolute atomic E-state index is 14.0. The van der Waals surface area contributed by atoms with Gasteiger partial charge in [0.25, 0.3) is 11.8 Å². The first kappa shape index (κ1) is 33.9. The number of hydrogen-bond acceptors (Lipinski definition) is 7. The van der Waals surface area contributed by atoms with E-state index in [2.05, 4.69) is 10.6 Å². The van der Waals surface area contributed by atoms with Crippen LogP contribution in [0.15, 0.2) is 66.7 Å². The van der Waals surface area contributed by atoms with Gasteiger partial charge in [-0.1, -0.05) is 49.4 Å². The second-order valence-corrected chi connectivity index (χ2v) is 13.5. The van der Waals surface area contributed by atoms with Crippen LogP contribution in [0.1, 0.15) is 59.8 Å². The Labute approximate surface area is 269 Å². The first-order chi connectivity index (χ1) is 21.4. The van der Waals surface area contributed by atoms with Crippen molar-refractivity contribution in [3.8, 4) is 11.5 Å². The van der Waals surface area contributed by atoms with Crippen LogP contribution >= 0.6 is 11.8 Å². The number of hydrogen-bond donors (Lipinski definition) is 4. The number of nitrogens with one attached hydrogen (secondary N) is 2. The monoisotopic (exact) mass is 633 g/mol. The van der Waals surface area contributed by atoms with Gasteiger partial charge in [-0.05, 0) is 81.5 Å². The van der Waals surface area contributed by atoms with Crippen LogP contribution in [-0.4, -0.2) is 68.3 Å². The Morgan fingerprint density at radius 1 is 1.04 bits per heavy atom. The molecule has 0 aromatic heterocycles. The summed E-state index contributed by atoms with van der Waals surface area (Å²) in [5.41, 5.74) is 3.41. The maximum Gasteiger partial charge on any atom is 0.254 e. The molecule has 10 heteroatoms. The van der Waals surface area contributed by atoms with Gasteiger partial charge in [-0.15, -0.1) is 11.8 Å². The number of aliphatic hydroxyl groups excluding tert-OH is 1. The number of aliphatic hydroxyl groups is 1. The molecule has 9 nitrogen and oxygen atoms in total. The van der Waals surface area contributed by atoms with Gasteiger partial charge < -0.3 is 30.5 Å². The molecule has 3 atom stereocenters. The predicted molar refractivity (Wildman–Crippen MR) is 176 cm³/mol. The number of benzene rings is 3. The number of aryl methyl sites for hydroxylation is 1. The molecule has 0 unspecified atom stereocenters. The van der Waals surface area contributed by atoms with Crippen LogP contribution in [-0.2, 0) is 22.6 Å². The summed E-state index contributed by atoms with van der Waals surface area (Å²) in [6.45, 7) is 10.3. The SMILES string of the molecule is CCCOc1ccc(C[C@H](NC(=O)c2cccc(O)c2C)[C@H](O)C(=O)N2CSC(C)(C)[C@H]2C(=O)NCc2ccccc2C)cc1. The van der Waals surface area contributed by atoms with Crippen molar-refractivity contribution in [3.63, 3.8) is 0 Å². The van der Waals surface area contributed by atoms with Crippen molar-refractivity contribution in [2.75, 3.05) is 12.5 Å². The summed E-state index contributed by atoms with van der Waals surface area (Å²) < 4.78 is 5.07. The fourth-order valence-corrected chi connectivity index (χ4v) is 6.54. The van der Waals surface area contributed by atoms with Crippen molar-refractivity contribution in [3.05, 3.63) is 94.5 Å². The highest BCUT2D eigenvalue weighted by Crippen LogP contribution is 2.40. The number of thioether (sulfide) groups is 1. The molecule has 1 aliphatic rings. The molecule has 1 aliphatic heterocycles. The lowest BCUT2D eigenvalue weighted by atomic mass is 9.96. The summed E-state index contributed by atoms with van der Waals surface area (Å²) in [7, 11) is 0. The quantitative estimate of drug-likeness (QED) is 0.231. The van der Waals surface area contributed by atoms with E-state index in [1.807, 2.05) is 76.2 Å². The molecule has 0 spiro atoms. The molecule has 4 rings (SSSR count). The van der Waals surface area contributed by atoms with Crippen LogP contribution in [0.2, 0.25) is 0 Å². The van der Waals surface area contributed by atoms with Gasteiger partial charge in [0.2, 0.25) is 5.91 Å². The Bertz CT molecular complexity index is 1510. The van der Waals surface area contributed by atoms with Crippen molar-refractivity contribution in [1.29, 1.82) is 0 Å². The molecule has 4 N–H and O–H groups in total. The highest BCUT2D eigenvalue weighted by atomic mass is 32.2. The van der Waals surface area contributed by atoms with Gasteiger partial charge in [0.05, 0.1) is 18.5 Å². The molecule has 240 valence electrons. The average Bonchev–Trinajstić information content (AvgIpc) is 3.35.